The second-order valence-electron chi connectivity index (χ2n) is 22.2. The van der Waals surface area contributed by atoms with Gasteiger partial charge in [0, 0.05) is 25.4 Å². The first-order chi connectivity index (χ1) is 39.1. The summed E-state index contributed by atoms with van der Waals surface area (Å²) >= 11 is 4.28. The molecule has 27 nitrogen and oxygen atoms in total. The van der Waals surface area contributed by atoms with Gasteiger partial charge in [-0.3, -0.25) is 47.9 Å². The quantitative estimate of drug-likeness (QED) is 0.0228. The lowest BCUT2D eigenvalue weighted by molar-refractivity contribution is -0.149. The number of amides is 10. The molecule has 464 valence electrons. The van der Waals surface area contributed by atoms with Gasteiger partial charge in [-0.15, -0.1) is 0 Å². The number of carboxylic acid groups (broad SMARTS) is 1. The van der Waals surface area contributed by atoms with Crippen molar-refractivity contribution in [1.82, 2.24) is 57.2 Å². The molecule has 14 atom stereocenters. The summed E-state index contributed by atoms with van der Waals surface area (Å²) in [6.45, 7) is 9.35. The Morgan fingerprint density at radius 1 is 0.549 bits per heavy atom. The number of aliphatic carboxylic acids is 1. The molecule has 0 aromatic carbocycles. The maximum Gasteiger partial charge on any atom is 0.326 e. The largest absolute Gasteiger partial charge is 0.480 e. The number of nitrogens with one attached hydrogen (secondary N) is 8. The Kier molecular flexibility index (Phi) is 28.7. The molecule has 0 aromatic rings. The first kappa shape index (κ1) is 68.8. The number of nitrogens with zero attached hydrogens (tertiary/aromatic N) is 3. The Labute approximate surface area is 486 Å². The van der Waals surface area contributed by atoms with Crippen molar-refractivity contribution < 1.29 is 68.1 Å². The fraction of sp³-hybridized carbons (Fsp3) is 0.796. The summed E-state index contributed by atoms with van der Waals surface area (Å²) < 4.78 is 0. The predicted molar refractivity (Wildman–Crippen MR) is 304 cm³/mol. The van der Waals surface area contributed by atoms with Gasteiger partial charge in [0.05, 0.1) is 18.8 Å². The molecule has 0 unspecified atom stereocenters. The van der Waals surface area contributed by atoms with E-state index in [9.17, 15) is 68.1 Å². The maximum absolute atomic E-state index is 14.5. The van der Waals surface area contributed by atoms with Gasteiger partial charge >= 0.3 is 5.97 Å². The number of unbranched alkanes of at least 4 members (excludes halogenated alkanes) is 2. The molecule has 0 saturated carbocycles. The van der Waals surface area contributed by atoms with Crippen LogP contribution in [0.5, 0.6) is 0 Å². The number of likely N-dealkylation sites (tertiary alicyclic amines) is 3. The minimum absolute atomic E-state index is 0.0515. The summed E-state index contributed by atoms with van der Waals surface area (Å²) in [5.41, 5.74) is 11.3. The lowest BCUT2D eigenvalue weighted by Gasteiger charge is -2.35. The zero-order valence-corrected chi connectivity index (χ0v) is 49.2. The maximum atomic E-state index is 14.5. The normalized spacial score (nSPS) is 22.5. The average Bonchev–Trinajstić information content (AvgIpc) is 4.50. The molecule has 0 bridgehead atoms. The van der Waals surface area contributed by atoms with E-state index >= 15 is 0 Å². The Balaban J connectivity index is 1.43. The Bertz CT molecular complexity index is 2210. The van der Waals surface area contributed by atoms with Gasteiger partial charge in [0.2, 0.25) is 59.1 Å². The van der Waals surface area contributed by atoms with Crippen LogP contribution in [0.25, 0.3) is 0 Å². The molecule has 4 saturated heterocycles. The summed E-state index contributed by atoms with van der Waals surface area (Å²) in [4.78, 5) is 155. The van der Waals surface area contributed by atoms with Crippen LogP contribution in [0.4, 0.5) is 0 Å². The zero-order chi connectivity index (χ0) is 60.8. The molecule has 10 amide bonds. The van der Waals surface area contributed by atoms with Crippen molar-refractivity contribution in [3.8, 4) is 0 Å². The molecule has 28 heteroatoms. The van der Waals surface area contributed by atoms with Crippen LogP contribution in [-0.4, -0.2) is 219 Å². The van der Waals surface area contributed by atoms with E-state index in [1.165, 1.54) is 16.7 Å². The van der Waals surface area contributed by atoms with Crippen LogP contribution in [0.2, 0.25) is 0 Å². The van der Waals surface area contributed by atoms with Crippen molar-refractivity contribution in [2.45, 2.75) is 210 Å². The predicted octanol–water partition coefficient (Wildman–Crippen LogP) is -3.16. The molecule has 4 rings (SSSR count). The highest BCUT2D eigenvalue weighted by Crippen LogP contribution is 2.28. The second-order valence-corrected chi connectivity index (χ2v) is 22.6. The van der Waals surface area contributed by atoms with E-state index < -0.39 is 144 Å². The summed E-state index contributed by atoms with van der Waals surface area (Å²) in [6, 6.07) is -12.9. The first-order valence-corrected chi connectivity index (χ1v) is 30.0. The monoisotopic (exact) mass is 1180 g/mol. The summed E-state index contributed by atoms with van der Waals surface area (Å²) in [7, 11) is 0. The van der Waals surface area contributed by atoms with Gasteiger partial charge in [0.1, 0.15) is 60.4 Å². The van der Waals surface area contributed by atoms with E-state index in [4.69, 9.17) is 11.5 Å². The van der Waals surface area contributed by atoms with Gasteiger partial charge in [-0.05, 0) is 128 Å². The van der Waals surface area contributed by atoms with Crippen molar-refractivity contribution in [1.29, 1.82) is 0 Å². The van der Waals surface area contributed by atoms with Gasteiger partial charge in [-0.25, -0.2) is 4.79 Å². The minimum atomic E-state index is -1.71. The van der Waals surface area contributed by atoms with E-state index in [0.29, 0.717) is 83.8 Å². The molecule has 0 spiro atoms. The molecular weight excluding hydrogens is 1090 g/mol. The number of aliphatic hydroxyl groups is 2. The van der Waals surface area contributed by atoms with Crippen molar-refractivity contribution in [3.63, 3.8) is 0 Å². The number of nitrogens with two attached hydrogens (primary N) is 2. The third-order valence-electron chi connectivity index (χ3n) is 16.3. The highest BCUT2D eigenvalue weighted by Gasteiger charge is 2.46. The zero-order valence-electron chi connectivity index (χ0n) is 48.3. The number of hydrogen-bond acceptors (Lipinski definition) is 17. The number of aliphatic hydroxyl groups excluding tert-OH is 2. The van der Waals surface area contributed by atoms with Crippen LogP contribution in [0.15, 0.2) is 0 Å². The number of thiol groups is 1. The molecule has 15 N–H and O–H groups in total. The van der Waals surface area contributed by atoms with E-state index in [2.05, 4.69) is 55.2 Å². The Hall–Kier alpha value is -5.68. The van der Waals surface area contributed by atoms with Gasteiger partial charge in [0.15, 0.2) is 0 Å². The topological polar surface area (TPSA) is 406 Å². The van der Waals surface area contributed by atoms with Crippen molar-refractivity contribution in [2.24, 2.45) is 23.3 Å². The molecule has 0 aliphatic carbocycles. The highest BCUT2D eigenvalue weighted by molar-refractivity contribution is 7.80. The molecule has 4 heterocycles. The molecule has 0 radical (unpaired) electrons. The van der Waals surface area contributed by atoms with Crippen molar-refractivity contribution >= 4 is 77.7 Å². The Morgan fingerprint density at radius 3 is 1.55 bits per heavy atom. The van der Waals surface area contributed by atoms with Crippen LogP contribution >= 0.6 is 12.6 Å². The fourth-order valence-corrected chi connectivity index (χ4v) is 11.1. The molecule has 4 aliphatic heterocycles. The molecular formula is C54H93N13O14S. The molecule has 0 aromatic heterocycles. The SMILES string of the molecule is CC[C@H](C)[C@H](NC(=O)[C@@H]1CCCN1C(=O)[C@@H]1CCCN1)C(=O)N[C@@H](CS)C(=O)N[C@H](C(=O)N[C@@H](CCCCN)C(=O)N[C@@H](CO)C(=O)N[C@H](C(=O)N1CCC[C@H]1C(=O)N1CCC[C@H]1C(=O)N[C@@H](CCCCN)C(=O)O)[C@@H](C)CC)[C@@H](C)O. The molecule has 4 aliphatic rings. The lowest BCUT2D eigenvalue weighted by Crippen LogP contribution is -2.63. The van der Waals surface area contributed by atoms with Crippen LogP contribution in [0.1, 0.15) is 137 Å². The third kappa shape index (κ3) is 18.9. The number of carboxylic acids is 1. The van der Waals surface area contributed by atoms with Crippen molar-refractivity contribution in [3.05, 3.63) is 0 Å². The number of hydrogen-bond donors (Lipinski definition) is 14. The van der Waals surface area contributed by atoms with E-state index in [1.54, 1.807) is 25.7 Å². The van der Waals surface area contributed by atoms with Gasteiger partial charge in [-0.1, -0.05) is 40.5 Å². The number of carbonyl (C=O) groups is 11. The number of carbonyl (C=O) groups excluding carboxylic acids is 10. The van der Waals surface area contributed by atoms with Gasteiger partial charge < -0.3 is 84.0 Å². The van der Waals surface area contributed by atoms with E-state index in [-0.39, 0.29) is 69.4 Å². The smallest absolute Gasteiger partial charge is 0.326 e. The fourth-order valence-electron chi connectivity index (χ4n) is 10.9. The number of rotatable bonds is 33. The Morgan fingerprint density at radius 2 is 1.02 bits per heavy atom. The van der Waals surface area contributed by atoms with Crippen LogP contribution in [0.3, 0.4) is 0 Å². The average molecular weight is 1180 g/mol. The molecule has 82 heavy (non-hydrogen) atoms. The third-order valence-corrected chi connectivity index (χ3v) is 16.6. The van der Waals surface area contributed by atoms with Crippen molar-refractivity contribution in [2.75, 3.05) is 51.6 Å². The summed E-state index contributed by atoms with van der Waals surface area (Å²) in [5, 5.41) is 52.3. The molecule has 4 fully saturated rings. The summed E-state index contributed by atoms with van der Waals surface area (Å²) in [6.07, 6.45) is 5.06. The van der Waals surface area contributed by atoms with Gasteiger partial charge in [0.25, 0.3) is 0 Å². The second kappa shape index (κ2) is 34.2. The van der Waals surface area contributed by atoms with Gasteiger partial charge in [-0.2, -0.15) is 12.6 Å². The first-order valence-electron chi connectivity index (χ1n) is 29.4. The van der Waals surface area contributed by atoms with E-state index in [0.717, 1.165) is 6.42 Å². The van der Waals surface area contributed by atoms with E-state index in [1.807, 2.05) is 6.92 Å². The van der Waals surface area contributed by atoms with Crippen LogP contribution in [-0.2, 0) is 52.7 Å². The van der Waals surface area contributed by atoms with Crippen LogP contribution < -0.4 is 54.0 Å². The standard InChI is InChI=1S/C54H93N13O14S/c1-6-30(3)41(62-48(74)39-20-13-25-65(39)51(77)34-18-12-24-57-34)49(75)61-37(29-82)46(72)64-43(32(5)69)50(76)58-33(16-8-10-22-55)44(70)60-36(28-68)45(71)63-42(31(4)7-2)53(79)67-27-15-21-40(67)52(78)66-26-14-19-38(66)47(73)59-35(54(80)81)17-9-11-23-56/h30-43,57,68-69,82H,6-29,55-56H2,1-5H3,(H,58,76)(H,59,73)(H,60,70)(H,61,75)(H,62,74)(H,63,71)(H,64,72)(H,80,81)/t30-,31-,32+,33-,34-,35-,36-,37-,38-,39-,40-,41-,42-,43-/m0/s1. The summed E-state index contributed by atoms with van der Waals surface area (Å²) in [5.74, 6) is -9.43. The van der Waals surface area contributed by atoms with Crippen LogP contribution in [0, 0.1) is 11.8 Å². The lowest BCUT2D eigenvalue weighted by atomic mass is 9.96. The minimum Gasteiger partial charge on any atom is -0.480 e. The highest BCUT2D eigenvalue weighted by atomic mass is 32.1.